The number of hydrogen-bond donors (Lipinski definition) is 1. The van der Waals surface area contributed by atoms with Crippen molar-refractivity contribution in [3.8, 4) is 12.3 Å². The van der Waals surface area contributed by atoms with Gasteiger partial charge in [0.2, 0.25) is 0 Å². The molecule has 1 fully saturated rings. The standard InChI is InChI=1S/C30H37N3O/c1-7-10-22(5)32-29(31-6)27-20-28(24(9-3)19-21(27)4)30(34)33-17-15-26(16-18-33)25-13-11-23(8-2)12-14-25/h2,11-14,19-20,26H,5,7,9-10,15-18H2,1,3-4,6H3,(H,31,32). The molecule has 0 radical (unpaired) electrons. The number of hydrogen-bond acceptors (Lipinski definition) is 2. The number of allylic oxidation sites excluding steroid dienone is 1. The van der Waals surface area contributed by atoms with Gasteiger partial charge in [-0.2, -0.15) is 0 Å². The number of piperidine rings is 1. The van der Waals surface area contributed by atoms with Crippen molar-refractivity contribution in [2.24, 2.45) is 4.99 Å². The summed E-state index contributed by atoms with van der Waals surface area (Å²) in [6.45, 7) is 11.9. The number of nitrogens with zero attached hydrogens (tertiary/aromatic N) is 2. The smallest absolute Gasteiger partial charge is 0.254 e. The fourth-order valence-corrected chi connectivity index (χ4v) is 4.73. The molecule has 1 saturated heterocycles. The van der Waals surface area contributed by atoms with E-state index in [1.165, 1.54) is 5.56 Å². The lowest BCUT2D eigenvalue weighted by atomic mass is 9.88. The Bertz CT molecular complexity index is 1100. The molecule has 1 heterocycles. The van der Waals surface area contributed by atoms with Crippen molar-refractivity contribution in [3.05, 3.63) is 82.1 Å². The molecule has 0 unspecified atom stereocenters. The van der Waals surface area contributed by atoms with Gasteiger partial charge in [-0.25, -0.2) is 0 Å². The van der Waals surface area contributed by atoms with E-state index in [2.05, 4.69) is 61.8 Å². The van der Waals surface area contributed by atoms with Crippen LogP contribution < -0.4 is 5.32 Å². The van der Waals surface area contributed by atoms with Crippen molar-refractivity contribution in [2.75, 3.05) is 20.1 Å². The molecule has 0 spiro atoms. The summed E-state index contributed by atoms with van der Waals surface area (Å²) >= 11 is 0. The fourth-order valence-electron chi connectivity index (χ4n) is 4.73. The summed E-state index contributed by atoms with van der Waals surface area (Å²) in [5.41, 5.74) is 7.09. The second-order valence-electron chi connectivity index (χ2n) is 9.06. The molecule has 0 atom stereocenters. The van der Waals surface area contributed by atoms with Crippen LogP contribution in [0.15, 0.2) is 53.7 Å². The van der Waals surface area contributed by atoms with Crippen LogP contribution in [0.2, 0.25) is 0 Å². The van der Waals surface area contributed by atoms with Crippen LogP contribution in [-0.2, 0) is 6.42 Å². The molecular weight excluding hydrogens is 418 g/mol. The molecule has 4 heteroatoms. The number of rotatable bonds is 7. The van der Waals surface area contributed by atoms with Gasteiger partial charge in [0.05, 0.1) is 0 Å². The maximum absolute atomic E-state index is 13.6. The normalized spacial score (nSPS) is 14.6. The van der Waals surface area contributed by atoms with Gasteiger partial charge in [-0.3, -0.25) is 9.79 Å². The molecule has 34 heavy (non-hydrogen) atoms. The molecule has 0 aliphatic carbocycles. The molecule has 1 aliphatic rings. The van der Waals surface area contributed by atoms with Crippen LogP contribution in [0.25, 0.3) is 0 Å². The average molecular weight is 456 g/mol. The second-order valence-corrected chi connectivity index (χ2v) is 9.06. The molecule has 4 nitrogen and oxygen atoms in total. The lowest BCUT2D eigenvalue weighted by Gasteiger charge is -2.33. The molecule has 3 rings (SSSR count). The van der Waals surface area contributed by atoms with Crippen molar-refractivity contribution in [1.82, 2.24) is 10.2 Å². The van der Waals surface area contributed by atoms with Crippen LogP contribution in [-0.4, -0.2) is 36.8 Å². The molecule has 1 aliphatic heterocycles. The van der Waals surface area contributed by atoms with E-state index in [1.807, 2.05) is 23.1 Å². The topological polar surface area (TPSA) is 44.7 Å². The van der Waals surface area contributed by atoms with E-state index in [-0.39, 0.29) is 5.91 Å². The van der Waals surface area contributed by atoms with E-state index in [0.29, 0.717) is 5.92 Å². The number of nitrogens with one attached hydrogen (secondary N) is 1. The summed E-state index contributed by atoms with van der Waals surface area (Å²) in [6, 6.07) is 12.4. The number of carbonyl (C=O) groups excluding carboxylic acids is 1. The van der Waals surface area contributed by atoms with Crippen molar-refractivity contribution in [3.63, 3.8) is 0 Å². The first-order valence-electron chi connectivity index (χ1n) is 12.3. The van der Waals surface area contributed by atoms with Crippen LogP contribution in [0, 0.1) is 19.3 Å². The lowest BCUT2D eigenvalue weighted by Crippen LogP contribution is -2.38. The van der Waals surface area contributed by atoms with Gasteiger partial charge >= 0.3 is 0 Å². The van der Waals surface area contributed by atoms with Gasteiger partial charge in [0.15, 0.2) is 0 Å². The monoisotopic (exact) mass is 455 g/mol. The van der Waals surface area contributed by atoms with E-state index < -0.39 is 0 Å². The Morgan fingerprint density at radius 2 is 1.85 bits per heavy atom. The largest absolute Gasteiger partial charge is 0.344 e. The predicted molar refractivity (Wildman–Crippen MR) is 142 cm³/mol. The first-order valence-corrected chi connectivity index (χ1v) is 12.3. The molecule has 0 bridgehead atoms. The van der Waals surface area contributed by atoms with Crippen molar-refractivity contribution >= 4 is 11.7 Å². The fraction of sp³-hybridized carbons (Fsp3) is 0.400. The minimum absolute atomic E-state index is 0.113. The lowest BCUT2D eigenvalue weighted by molar-refractivity contribution is 0.0712. The Balaban J connectivity index is 1.79. The highest BCUT2D eigenvalue weighted by atomic mass is 16.2. The Morgan fingerprint density at radius 1 is 1.18 bits per heavy atom. The Hall–Kier alpha value is -3.32. The van der Waals surface area contributed by atoms with E-state index in [1.54, 1.807) is 7.05 Å². The molecule has 1 amide bonds. The van der Waals surface area contributed by atoms with Crippen LogP contribution in [0.4, 0.5) is 0 Å². The highest BCUT2D eigenvalue weighted by Crippen LogP contribution is 2.30. The van der Waals surface area contributed by atoms with E-state index in [9.17, 15) is 4.79 Å². The molecule has 0 saturated carbocycles. The van der Waals surface area contributed by atoms with Gasteiger partial charge < -0.3 is 10.2 Å². The highest BCUT2D eigenvalue weighted by Gasteiger charge is 2.26. The number of amides is 1. The third-order valence-electron chi connectivity index (χ3n) is 6.72. The van der Waals surface area contributed by atoms with Crippen molar-refractivity contribution in [2.45, 2.75) is 58.8 Å². The van der Waals surface area contributed by atoms with E-state index >= 15 is 0 Å². The number of terminal acetylenes is 1. The predicted octanol–water partition coefficient (Wildman–Crippen LogP) is 5.84. The summed E-state index contributed by atoms with van der Waals surface area (Å²) in [6.07, 6.45) is 10.1. The SMILES string of the molecule is C#Cc1ccc(C2CCN(C(=O)c3cc(C(=NC)NC(=C)CCC)c(C)cc3CC)CC2)cc1. The number of amidine groups is 1. The summed E-state index contributed by atoms with van der Waals surface area (Å²) in [4.78, 5) is 20.1. The maximum atomic E-state index is 13.6. The molecule has 2 aromatic carbocycles. The number of benzene rings is 2. The summed E-state index contributed by atoms with van der Waals surface area (Å²) in [5, 5.41) is 3.36. The van der Waals surface area contributed by atoms with Gasteiger partial charge in [0.25, 0.3) is 5.91 Å². The second kappa shape index (κ2) is 11.7. The maximum Gasteiger partial charge on any atom is 0.254 e. The zero-order valence-corrected chi connectivity index (χ0v) is 21.1. The first kappa shape index (κ1) is 25.3. The number of aryl methyl sites for hydroxylation is 2. The Morgan fingerprint density at radius 3 is 2.41 bits per heavy atom. The molecule has 0 aromatic heterocycles. The molecule has 2 aromatic rings. The van der Waals surface area contributed by atoms with Gasteiger partial charge in [-0.15, -0.1) is 6.42 Å². The van der Waals surface area contributed by atoms with Crippen LogP contribution in [0.3, 0.4) is 0 Å². The third-order valence-corrected chi connectivity index (χ3v) is 6.72. The van der Waals surface area contributed by atoms with E-state index in [0.717, 1.165) is 84.5 Å². The highest BCUT2D eigenvalue weighted by molar-refractivity contribution is 6.04. The van der Waals surface area contributed by atoms with Gasteiger partial charge in [0, 0.05) is 42.5 Å². The minimum atomic E-state index is 0.113. The van der Waals surface area contributed by atoms with Crippen molar-refractivity contribution < 1.29 is 4.79 Å². The zero-order valence-electron chi connectivity index (χ0n) is 21.1. The quantitative estimate of drug-likeness (QED) is 0.324. The third kappa shape index (κ3) is 5.78. The van der Waals surface area contributed by atoms with Crippen LogP contribution in [0.1, 0.15) is 83.6 Å². The number of aliphatic imine (C=N–C) groups is 1. The zero-order chi connectivity index (χ0) is 24.7. The van der Waals surface area contributed by atoms with E-state index in [4.69, 9.17) is 6.42 Å². The van der Waals surface area contributed by atoms with Crippen LogP contribution >= 0.6 is 0 Å². The summed E-state index contributed by atoms with van der Waals surface area (Å²) < 4.78 is 0. The Labute approximate surface area is 205 Å². The van der Waals surface area contributed by atoms with Crippen LogP contribution in [0.5, 0.6) is 0 Å². The van der Waals surface area contributed by atoms with Crippen molar-refractivity contribution in [1.29, 1.82) is 0 Å². The average Bonchev–Trinajstić information content (AvgIpc) is 2.87. The molecular formula is C30H37N3O. The van der Waals surface area contributed by atoms with Gasteiger partial charge in [-0.05, 0) is 73.4 Å². The minimum Gasteiger partial charge on any atom is -0.344 e. The number of likely N-dealkylation sites (tertiary alicyclic amines) is 1. The molecule has 178 valence electrons. The molecule has 1 N–H and O–H groups in total. The Kier molecular flexibility index (Phi) is 8.71. The number of carbonyl (C=O) groups is 1. The first-order chi connectivity index (χ1) is 16.4. The van der Waals surface area contributed by atoms with Gasteiger partial charge in [-0.1, -0.05) is 51.0 Å². The summed E-state index contributed by atoms with van der Waals surface area (Å²) in [5.74, 6) is 4.01. The van der Waals surface area contributed by atoms with Gasteiger partial charge in [0.1, 0.15) is 5.84 Å². The summed E-state index contributed by atoms with van der Waals surface area (Å²) in [7, 11) is 1.77.